The maximum absolute atomic E-state index is 6.46. The van der Waals surface area contributed by atoms with Crippen molar-refractivity contribution in [2.75, 3.05) is 0 Å². The van der Waals surface area contributed by atoms with Gasteiger partial charge < -0.3 is 4.74 Å². The van der Waals surface area contributed by atoms with Crippen molar-refractivity contribution in [1.29, 1.82) is 0 Å². The lowest BCUT2D eigenvalue weighted by molar-refractivity contribution is 0.0976. The fourth-order valence-electron chi connectivity index (χ4n) is 3.64. The topological polar surface area (TPSA) is 22.1 Å². The van der Waals surface area contributed by atoms with Gasteiger partial charge in [0.05, 0.1) is 4.88 Å². The number of aromatic nitrogens is 1. The summed E-state index contributed by atoms with van der Waals surface area (Å²) in [5.41, 5.74) is 2.23. The molecule has 1 heterocycles. The monoisotopic (exact) mass is 397 g/mol. The predicted molar refractivity (Wildman–Crippen MR) is 115 cm³/mol. The molecule has 27 heavy (non-hydrogen) atoms. The van der Waals surface area contributed by atoms with Crippen molar-refractivity contribution in [3.05, 3.63) is 59.6 Å². The van der Waals surface area contributed by atoms with Crippen LogP contribution in [0.3, 0.4) is 0 Å². The van der Waals surface area contributed by atoms with Crippen LogP contribution in [0.5, 0.6) is 5.88 Å². The Balaban J connectivity index is 1.68. The van der Waals surface area contributed by atoms with Gasteiger partial charge in [-0.15, -0.1) is 11.3 Å². The van der Waals surface area contributed by atoms with Crippen LogP contribution in [0, 0.1) is 11.8 Å². The van der Waals surface area contributed by atoms with Gasteiger partial charge >= 0.3 is 0 Å². The number of nitrogens with zero attached hydrogens (tertiary/aromatic N) is 1. The van der Waals surface area contributed by atoms with Crippen molar-refractivity contribution in [3.8, 4) is 26.9 Å². The maximum atomic E-state index is 6.46. The molecule has 3 atom stereocenters. The number of ether oxygens (including phenoxy) is 1. The summed E-state index contributed by atoms with van der Waals surface area (Å²) in [5, 5.41) is 1.73. The summed E-state index contributed by atoms with van der Waals surface area (Å²) in [6, 6.07) is 18.2. The molecule has 1 unspecified atom stereocenters. The van der Waals surface area contributed by atoms with E-state index in [2.05, 4.69) is 26.0 Å². The Morgan fingerprint density at radius 3 is 2.37 bits per heavy atom. The SMILES string of the molecule is CC1C[C@@H](Oc2nc(-c3ccccc3)sc2-c2ccc(Cl)cc2)CC[C@H]1C. The van der Waals surface area contributed by atoms with Crippen molar-refractivity contribution in [2.24, 2.45) is 11.8 Å². The largest absolute Gasteiger partial charge is 0.473 e. The highest BCUT2D eigenvalue weighted by atomic mass is 35.5. The fourth-order valence-corrected chi connectivity index (χ4v) is 4.77. The van der Waals surface area contributed by atoms with Gasteiger partial charge in [-0.05, 0) is 48.8 Å². The van der Waals surface area contributed by atoms with Gasteiger partial charge in [0.2, 0.25) is 5.88 Å². The van der Waals surface area contributed by atoms with Gasteiger partial charge in [-0.1, -0.05) is 67.9 Å². The van der Waals surface area contributed by atoms with E-state index >= 15 is 0 Å². The van der Waals surface area contributed by atoms with Gasteiger partial charge in [0.1, 0.15) is 11.1 Å². The van der Waals surface area contributed by atoms with E-state index in [1.54, 1.807) is 11.3 Å². The fraction of sp³-hybridized carbons (Fsp3) is 0.348. The molecule has 2 aromatic carbocycles. The molecule has 0 bridgehead atoms. The highest BCUT2D eigenvalue weighted by Gasteiger charge is 2.27. The standard InChI is InChI=1S/C23H24ClNOS/c1-15-8-13-20(14-16(15)2)26-22-21(17-9-11-19(24)12-10-17)27-23(25-22)18-6-4-3-5-7-18/h3-7,9-12,15-16,20H,8,13-14H2,1-2H3/t15-,16?,20+/m1/s1. The Labute approximate surface area is 170 Å². The summed E-state index contributed by atoms with van der Waals surface area (Å²) in [5.74, 6) is 2.22. The van der Waals surface area contributed by atoms with E-state index in [0.29, 0.717) is 5.92 Å². The Morgan fingerprint density at radius 1 is 0.926 bits per heavy atom. The minimum Gasteiger partial charge on any atom is -0.473 e. The molecule has 2 nitrogen and oxygen atoms in total. The van der Waals surface area contributed by atoms with E-state index in [-0.39, 0.29) is 6.10 Å². The molecule has 3 aromatic rings. The van der Waals surface area contributed by atoms with Gasteiger partial charge in [-0.25, -0.2) is 4.98 Å². The van der Waals surface area contributed by atoms with Gasteiger partial charge in [0, 0.05) is 10.6 Å². The molecule has 0 amide bonds. The number of thiazole rings is 1. The molecule has 0 spiro atoms. The molecule has 0 aliphatic heterocycles. The Kier molecular flexibility index (Phi) is 5.51. The third-order valence-electron chi connectivity index (χ3n) is 5.55. The van der Waals surface area contributed by atoms with Crippen LogP contribution in [0.15, 0.2) is 54.6 Å². The van der Waals surface area contributed by atoms with Crippen LogP contribution in [0.1, 0.15) is 33.1 Å². The van der Waals surface area contributed by atoms with Gasteiger partial charge in [0.25, 0.3) is 0 Å². The molecule has 0 saturated heterocycles. The van der Waals surface area contributed by atoms with Crippen molar-refractivity contribution in [1.82, 2.24) is 4.98 Å². The highest BCUT2D eigenvalue weighted by molar-refractivity contribution is 7.18. The quantitative estimate of drug-likeness (QED) is 0.459. The summed E-state index contributed by atoms with van der Waals surface area (Å²) in [7, 11) is 0. The number of hydrogen-bond donors (Lipinski definition) is 0. The molecule has 1 aliphatic carbocycles. The van der Waals surface area contributed by atoms with Crippen LogP contribution in [0.25, 0.3) is 21.0 Å². The molecule has 0 N–H and O–H groups in total. The molecule has 1 fully saturated rings. The first-order valence-electron chi connectivity index (χ1n) is 9.59. The summed E-state index contributed by atoms with van der Waals surface area (Å²) >= 11 is 7.76. The molecular weight excluding hydrogens is 374 g/mol. The second-order valence-electron chi connectivity index (χ2n) is 7.53. The van der Waals surface area contributed by atoms with Crippen LogP contribution >= 0.6 is 22.9 Å². The zero-order valence-corrected chi connectivity index (χ0v) is 17.3. The molecule has 0 radical (unpaired) electrons. The summed E-state index contributed by atoms with van der Waals surface area (Å²) < 4.78 is 6.46. The molecule has 4 rings (SSSR count). The second kappa shape index (κ2) is 8.04. The lowest BCUT2D eigenvalue weighted by Gasteiger charge is -2.31. The van der Waals surface area contributed by atoms with Crippen LogP contribution in [-0.4, -0.2) is 11.1 Å². The second-order valence-corrected chi connectivity index (χ2v) is 8.97. The van der Waals surface area contributed by atoms with Crippen LogP contribution < -0.4 is 4.74 Å². The van der Waals surface area contributed by atoms with Gasteiger partial charge in [0.15, 0.2) is 0 Å². The lowest BCUT2D eigenvalue weighted by Crippen LogP contribution is -2.29. The zero-order valence-electron chi connectivity index (χ0n) is 15.7. The molecule has 140 valence electrons. The summed E-state index contributed by atoms with van der Waals surface area (Å²) in [4.78, 5) is 5.96. The molecule has 4 heteroatoms. The van der Waals surface area contributed by atoms with E-state index in [0.717, 1.165) is 50.7 Å². The first-order valence-corrected chi connectivity index (χ1v) is 10.8. The predicted octanol–water partition coefficient (Wildman–Crippen LogP) is 7.33. The van der Waals surface area contributed by atoms with E-state index in [4.69, 9.17) is 21.3 Å². The van der Waals surface area contributed by atoms with Crippen molar-refractivity contribution in [3.63, 3.8) is 0 Å². The number of rotatable bonds is 4. The smallest absolute Gasteiger partial charge is 0.233 e. The number of halogens is 1. The summed E-state index contributed by atoms with van der Waals surface area (Å²) in [6.07, 6.45) is 3.66. The molecular formula is C23H24ClNOS. The van der Waals surface area contributed by atoms with E-state index in [1.165, 1.54) is 6.42 Å². The van der Waals surface area contributed by atoms with Crippen LogP contribution in [0.4, 0.5) is 0 Å². The van der Waals surface area contributed by atoms with Crippen molar-refractivity contribution in [2.45, 2.75) is 39.2 Å². The van der Waals surface area contributed by atoms with Crippen LogP contribution in [-0.2, 0) is 0 Å². The van der Waals surface area contributed by atoms with Crippen molar-refractivity contribution < 1.29 is 4.74 Å². The lowest BCUT2D eigenvalue weighted by atomic mass is 9.80. The molecule has 1 aromatic heterocycles. The average molecular weight is 398 g/mol. The van der Waals surface area contributed by atoms with E-state index in [1.807, 2.05) is 42.5 Å². The van der Waals surface area contributed by atoms with Crippen molar-refractivity contribution >= 4 is 22.9 Å². The van der Waals surface area contributed by atoms with Crippen LogP contribution in [0.2, 0.25) is 5.02 Å². The summed E-state index contributed by atoms with van der Waals surface area (Å²) in [6.45, 7) is 4.67. The maximum Gasteiger partial charge on any atom is 0.233 e. The third-order valence-corrected chi connectivity index (χ3v) is 6.94. The van der Waals surface area contributed by atoms with Gasteiger partial charge in [-0.2, -0.15) is 0 Å². The minimum atomic E-state index is 0.243. The van der Waals surface area contributed by atoms with E-state index in [9.17, 15) is 0 Å². The Bertz CT molecular complexity index is 891. The zero-order chi connectivity index (χ0) is 18.8. The number of benzene rings is 2. The molecule has 1 aliphatic rings. The normalized spacial score (nSPS) is 22.6. The first-order chi connectivity index (χ1) is 13.1. The third kappa shape index (κ3) is 4.20. The first kappa shape index (κ1) is 18.5. The highest BCUT2D eigenvalue weighted by Crippen LogP contribution is 2.42. The number of hydrogen-bond acceptors (Lipinski definition) is 3. The minimum absolute atomic E-state index is 0.243. The molecule has 1 saturated carbocycles. The Hall–Kier alpha value is -1.84. The van der Waals surface area contributed by atoms with Gasteiger partial charge in [-0.3, -0.25) is 0 Å². The average Bonchev–Trinajstić information content (AvgIpc) is 3.10. The van der Waals surface area contributed by atoms with E-state index < -0.39 is 0 Å². The Morgan fingerprint density at radius 2 is 1.67 bits per heavy atom.